The second-order valence-electron chi connectivity index (χ2n) is 4.23. The summed E-state index contributed by atoms with van der Waals surface area (Å²) in [6.45, 7) is 1.42. The summed E-state index contributed by atoms with van der Waals surface area (Å²) < 4.78 is 5.14. The fourth-order valence-corrected chi connectivity index (χ4v) is 1.85. The van der Waals surface area contributed by atoms with E-state index in [1.54, 1.807) is 19.2 Å². The van der Waals surface area contributed by atoms with Crippen LogP contribution in [0.25, 0.3) is 10.8 Å². The van der Waals surface area contributed by atoms with E-state index >= 15 is 0 Å². The molecule has 0 N–H and O–H groups in total. The lowest BCUT2D eigenvalue weighted by Crippen LogP contribution is -2.04. The molecule has 2 aromatic carbocycles. The van der Waals surface area contributed by atoms with Crippen molar-refractivity contribution in [1.29, 1.82) is 0 Å². The van der Waals surface area contributed by atoms with Crippen molar-refractivity contribution in [3.8, 4) is 5.75 Å². The van der Waals surface area contributed by atoms with E-state index in [1.165, 1.54) is 6.92 Å². The topological polar surface area (TPSA) is 43.4 Å². The monoisotopic (exact) mass is 242 g/mol. The molecule has 92 valence electrons. The maximum Gasteiger partial charge on any atom is 0.170 e. The number of benzene rings is 2. The number of Topliss-reactive ketones (excluding diaryl/α,β-unsaturated/α-hetero) is 2. The van der Waals surface area contributed by atoms with Crippen LogP contribution in [0.4, 0.5) is 0 Å². The smallest absolute Gasteiger partial charge is 0.170 e. The zero-order chi connectivity index (χ0) is 13.1. The Kier molecular flexibility index (Phi) is 3.42. The van der Waals surface area contributed by atoms with E-state index < -0.39 is 0 Å². The van der Waals surface area contributed by atoms with Gasteiger partial charge in [-0.05, 0) is 35.9 Å². The lowest BCUT2D eigenvalue weighted by Gasteiger charge is -2.04. The molecular formula is C15H14O3. The predicted octanol–water partition coefficient (Wildman–Crippen LogP) is 3.01. The highest BCUT2D eigenvalue weighted by molar-refractivity contribution is 6.08. The number of ether oxygens (including phenoxy) is 1. The highest BCUT2D eigenvalue weighted by Crippen LogP contribution is 2.22. The Morgan fingerprint density at radius 1 is 1.06 bits per heavy atom. The summed E-state index contributed by atoms with van der Waals surface area (Å²) >= 11 is 0. The third-order valence-electron chi connectivity index (χ3n) is 2.78. The number of hydrogen-bond donors (Lipinski definition) is 0. The van der Waals surface area contributed by atoms with Crippen molar-refractivity contribution >= 4 is 22.3 Å². The molecule has 0 atom stereocenters. The summed E-state index contributed by atoms with van der Waals surface area (Å²) in [6, 6.07) is 11.1. The minimum absolute atomic E-state index is 0.0400. The first-order chi connectivity index (χ1) is 8.60. The summed E-state index contributed by atoms with van der Waals surface area (Å²) in [5, 5.41) is 1.97. The highest BCUT2D eigenvalue weighted by Gasteiger charge is 2.09. The Morgan fingerprint density at radius 2 is 1.72 bits per heavy atom. The van der Waals surface area contributed by atoms with Crippen molar-refractivity contribution in [2.45, 2.75) is 13.3 Å². The van der Waals surface area contributed by atoms with E-state index in [1.807, 2.05) is 24.3 Å². The molecule has 0 unspecified atom stereocenters. The molecule has 3 nitrogen and oxygen atoms in total. The van der Waals surface area contributed by atoms with Crippen LogP contribution >= 0.6 is 0 Å². The van der Waals surface area contributed by atoms with Crippen LogP contribution in [0.2, 0.25) is 0 Å². The van der Waals surface area contributed by atoms with Gasteiger partial charge in [-0.2, -0.15) is 0 Å². The number of ketones is 2. The van der Waals surface area contributed by atoms with Gasteiger partial charge in [0.2, 0.25) is 0 Å². The zero-order valence-electron chi connectivity index (χ0n) is 10.4. The molecule has 18 heavy (non-hydrogen) atoms. The normalized spacial score (nSPS) is 10.3. The van der Waals surface area contributed by atoms with Crippen LogP contribution in [-0.2, 0) is 4.79 Å². The fourth-order valence-electron chi connectivity index (χ4n) is 1.85. The third-order valence-corrected chi connectivity index (χ3v) is 2.78. The van der Waals surface area contributed by atoms with Crippen molar-refractivity contribution in [3.05, 3.63) is 42.0 Å². The molecule has 0 amide bonds. The molecule has 0 fully saturated rings. The van der Waals surface area contributed by atoms with Gasteiger partial charge < -0.3 is 4.74 Å². The zero-order valence-corrected chi connectivity index (χ0v) is 10.4. The molecule has 0 aromatic heterocycles. The van der Waals surface area contributed by atoms with E-state index in [-0.39, 0.29) is 18.0 Å². The summed E-state index contributed by atoms with van der Waals surface area (Å²) in [7, 11) is 1.62. The average Bonchev–Trinajstić information content (AvgIpc) is 2.36. The Balaban J connectivity index is 2.39. The number of rotatable bonds is 4. The molecule has 0 aliphatic carbocycles. The van der Waals surface area contributed by atoms with E-state index in [0.29, 0.717) is 5.56 Å². The Bertz CT molecular complexity index is 614. The van der Waals surface area contributed by atoms with Crippen molar-refractivity contribution in [1.82, 2.24) is 0 Å². The van der Waals surface area contributed by atoms with Gasteiger partial charge in [0.25, 0.3) is 0 Å². The average molecular weight is 242 g/mol. The van der Waals surface area contributed by atoms with Gasteiger partial charge in [-0.15, -0.1) is 0 Å². The SMILES string of the molecule is COc1ccc2cc(C(=O)CC(C)=O)ccc2c1. The lowest BCUT2D eigenvalue weighted by atomic mass is 10.0. The first-order valence-electron chi connectivity index (χ1n) is 5.70. The van der Waals surface area contributed by atoms with E-state index in [0.717, 1.165) is 16.5 Å². The Hall–Kier alpha value is -2.16. The molecule has 0 radical (unpaired) electrons. The van der Waals surface area contributed by atoms with E-state index in [2.05, 4.69) is 0 Å². The third kappa shape index (κ3) is 2.56. The fraction of sp³-hybridized carbons (Fsp3) is 0.200. The van der Waals surface area contributed by atoms with Crippen molar-refractivity contribution in [3.63, 3.8) is 0 Å². The first-order valence-corrected chi connectivity index (χ1v) is 5.70. The number of methoxy groups -OCH3 is 1. The molecule has 0 heterocycles. The maximum atomic E-state index is 11.8. The van der Waals surface area contributed by atoms with Crippen LogP contribution in [0.5, 0.6) is 5.75 Å². The van der Waals surface area contributed by atoms with Gasteiger partial charge >= 0.3 is 0 Å². The number of hydrogen-bond acceptors (Lipinski definition) is 3. The van der Waals surface area contributed by atoms with Crippen LogP contribution < -0.4 is 4.74 Å². The largest absolute Gasteiger partial charge is 0.497 e. The second kappa shape index (κ2) is 5.00. The molecule has 2 rings (SSSR count). The van der Waals surface area contributed by atoms with Gasteiger partial charge in [0.05, 0.1) is 13.5 Å². The molecular weight excluding hydrogens is 228 g/mol. The number of carbonyl (C=O) groups is 2. The van der Waals surface area contributed by atoms with E-state index in [9.17, 15) is 9.59 Å². The van der Waals surface area contributed by atoms with Crippen molar-refractivity contribution in [2.75, 3.05) is 7.11 Å². The predicted molar refractivity (Wildman–Crippen MR) is 70.1 cm³/mol. The molecule has 0 bridgehead atoms. The number of carbonyl (C=O) groups excluding carboxylic acids is 2. The molecule has 3 heteroatoms. The molecule has 0 aliphatic rings. The molecule has 0 saturated carbocycles. The van der Waals surface area contributed by atoms with Crippen LogP contribution in [0.15, 0.2) is 36.4 Å². The van der Waals surface area contributed by atoms with Gasteiger partial charge in [-0.3, -0.25) is 9.59 Å². The summed E-state index contributed by atoms with van der Waals surface area (Å²) in [5.41, 5.74) is 0.572. The van der Waals surface area contributed by atoms with Gasteiger partial charge in [0, 0.05) is 5.56 Å². The van der Waals surface area contributed by atoms with E-state index in [4.69, 9.17) is 4.74 Å². The van der Waals surface area contributed by atoms with Gasteiger partial charge in [0.15, 0.2) is 5.78 Å². The molecule has 2 aromatic rings. The number of fused-ring (bicyclic) bond motifs is 1. The van der Waals surface area contributed by atoms with Crippen LogP contribution in [-0.4, -0.2) is 18.7 Å². The summed E-state index contributed by atoms with van der Waals surface area (Å²) in [4.78, 5) is 22.7. The quantitative estimate of drug-likeness (QED) is 0.611. The van der Waals surface area contributed by atoms with Crippen LogP contribution in [0.1, 0.15) is 23.7 Å². The summed E-state index contributed by atoms with van der Waals surface area (Å²) in [5.74, 6) is 0.528. The van der Waals surface area contributed by atoms with Crippen molar-refractivity contribution in [2.24, 2.45) is 0 Å². The minimum Gasteiger partial charge on any atom is -0.497 e. The lowest BCUT2D eigenvalue weighted by molar-refractivity contribution is -0.116. The first kappa shape index (κ1) is 12.3. The standard InChI is InChI=1S/C15H14O3/c1-10(16)7-15(17)13-4-3-12-9-14(18-2)6-5-11(12)8-13/h3-6,8-9H,7H2,1-2H3. The molecule has 0 saturated heterocycles. The highest BCUT2D eigenvalue weighted by atomic mass is 16.5. The molecule has 0 spiro atoms. The Labute approximate surface area is 105 Å². The summed E-state index contributed by atoms with van der Waals surface area (Å²) in [6.07, 6.45) is -0.0400. The van der Waals surface area contributed by atoms with Crippen LogP contribution in [0.3, 0.4) is 0 Å². The Morgan fingerprint density at radius 3 is 2.39 bits per heavy atom. The van der Waals surface area contributed by atoms with Crippen LogP contribution in [0, 0.1) is 0 Å². The molecule has 0 aliphatic heterocycles. The minimum atomic E-state index is -0.139. The maximum absolute atomic E-state index is 11.8. The second-order valence-corrected chi connectivity index (χ2v) is 4.23. The van der Waals surface area contributed by atoms with Crippen molar-refractivity contribution < 1.29 is 14.3 Å². The van der Waals surface area contributed by atoms with Gasteiger partial charge in [0.1, 0.15) is 11.5 Å². The van der Waals surface area contributed by atoms with Gasteiger partial charge in [-0.25, -0.2) is 0 Å². The van der Waals surface area contributed by atoms with Gasteiger partial charge in [-0.1, -0.05) is 18.2 Å².